The summed E-state index contributed by atoms with van der Waals surface area (Å²) in [5.41, 5.74) is 2.60. The molecule has 3 heteroatoms. The Balaban J connectivity index is 1.89. The van der Waals surface area contributed by atoms with E-state index >= 15 is 0 Å². The van der Waals surface area contributed by atoms with Crippen LogP contribution in [0.3, 0.4) is 0 Å². The van der Waals surface area contributed by atoms with Gasteiger partial charge in [-0.1, -0.05) is 37.3 Å². The van der Waals surface area contributed by atoms with Gasteiger partial charge in [0.2, 0.25) is 0 Å². The predicted octanol–water partition coefficient (Wildman–Crippen LogP) is 2.78. The van der Waals surface area contributed by atoms with Crippen LogP contribution in [0.4, 0.5) is 0 Å². The lowest BCUT2D eigenvalue weighted by Gasteiger charge is -1.98. The van der Waals surface area contributed by atoms with Crippen molar-refractivity contribution in [2.24, 2.45) is 5.41 Å². The minimum Gasteiger partial charge on any atom is -0.220 e. The molecule has 0 saturated heterocycles. The molecule has 0 N–H and O–H groups in total. The summed E-state index contributed by atoms with van der Waals surface area (Å²) >= 11 is 0. The van der Waals surface area contributed by atoms with Gasteiger partial charge in [0.25, 0.3) is 0 Å². The van der Waals surface area contributed by atoms with Gasteiger partial charge in [-0.2, -0.15) is 0 Å². The third-order valence-corrected chi connectivity index (χ3v) is 3.40. The Morgan fingerprint density at radius 1 is 1.25 bits per heavy atom. The van der Waals surface area contributed by atoms with Gasteiger partial charge in [-0.05, 0) is 24.0 Å². The van der Waals surface area contributed by atoms with Gasteiger partial charge in [0.1, 0.15) is 0 Å². The lowest BCUT2D eigenvalue weighted by atomic mass is 10.1. The molecule has 1 saturated carbocycles. The first-order valence-electron chi connectivity index (χ1n) is 5.64. The van der Waals surface area contributed by atoms with Crippen LogP contribution in [0.25, 0.3) is 5.69 Å². The molecular weight excluding hydrogens is 198 g/mol. The van der Waals surface area contributed by atoms with Crippen LogP contribution in [0.2, 0.25) is 0 Å². The summed E-state index contributed by atoms with van der Waals surface area (Å²) in [4.78, 5) is 0. The number of para-hydroxylation sites is 1. The van der Waals surface area contributed by atoms with Crippen molar-refractivity contribution in [3.8, 4) is 5.69 Å². The highest BCUT2D eigenvalue weighted by Gasteiger charge is 2.48. The molecule has 0 aliphatic heterocycles. The number of benzene rings is 1. The predicted molar refractivity (Wildman–Crippen MR) is 62.5 cm³/mol. The summed E-state index contributed by atoms with van der Waals surface area (Å²) in [5.74, 6) is 0.588. The fourth-order valence-electron chi connectivity index (χ4n) is 2.12. The van der Waals surface area contributed by atoms with Crippen molar-refractivity contribution in [1.29, 1.82) is 0 Å². The van der Waals surface area contributed by atoms with Gasteiger partial charge in [0.15, 0.2) is 0 Å². The fraction of sp³-hybridized carbons (Fsp3) is 0.385. The lowest BCUT2D eigenvalue weighted by molar-refractivity contribution is 0.615. The second-order valence-electron chi connectivity index (χ2n) is 5.17. The molecule has 1 fully saturated rings. The fourth-order valence-corrected chi connectivity index (χ4v) is 2.12. The van der Waals surface area contributed by atoms with Crippen molar-refractivity contribution in [3.63, 3.8) is 0 Å². The zero-order chi connectivity index (χ0) is 11.2. The minimum atomic E-state index is 0.414. The minimum absolute atomic E-state index is 0.414. The molecule has 1 aromatic heterocycles. The van der Waals surface area contributed by atoms with E-state index in [-0.39, 0.29) is 0 Å². The van der Waals surface area contributed by atoms with Gasteiger partial charge in [-0.3, -0.25) is 0 Å². The molecule has 1 heterocycles. The van der Waals surface area contributed by atoms with Gasteiger partial charge in [-0.15, -0.1) is 5.10 Å². The lowest BCUT2D eigenvalue weighted by Crippen LogP contribution is -1.93. The van der Waals surface area contributed by atoms with Crippen LogP contribution in [0.5, 0.6) is 0 Å². The molecule has 16 heavy (non-hydrogen) atoms. The van der Waals surface area contributed by atoms with Crippen molar-refractivity contribution >= 4 is 0 Å². The molecule has 1 aromatic carbocycles. The van der Waals surface area contributed by atoms with Gasteiger partial charge in [-0.25, -0.2) is 4.68 Å². The molecular formula is C13H15N3. The van der Waals surface area contributed by atoms with Crippen molar-refractivity contribution in [2.45, 2.75) is 26.2 Å². The van der Waals surface area contributed by atoms with Crippen molar-refractivity contribution < 1.29 is 0 Å². The largest absolute Gasteiger partial charge is 0.220 e. The highest BCUT2D eigenvalue weighted by Crippen LogP contribution is 2.57. The highest BCUT2D eigenvalue weighted by molar-refractivity contribution is 5.31. The van der Waals surface area contributed by atoms with E-state index in [4.69, 9.17) is 0 Å². The molecule has 82 valence electrons. The first-order chi connectivity index (χ1) is 7.67. The van der Waals surface area contributed by atoms with Gasteiger partial charge >= 0.3 is 0 Å². The SMILES string of the molecule is CC1(C)CC1c1cn(-c2ccccc2)nn1. The van der Waals surface area contributed by atoms with Crippen LogP contribution >= 0.6 is 0 Å². The molecule has 1 atom stereocenters. The van der Waals surface area contributed by atoms with Crippen LogP contribution in [0, 0.1) is 5.41 Å². The Kier molecular flexibility index (Phi) is 1.90. The number of rotatable bonds is 2. The maximum Gasteiger partial charge on any atom is 0.0868 e. The van der Waals surface area contributed by atoms with E-state index < -0.39 is 0 Å². The number of nitrogens with zero attached hydrogens (tertiary/aromatic N) is 3. The molecule has 0 radical (unpaired) electrons. The Morgan fingerprint density at radius 2 is 1.94 bits per heavy atom. The van der Waals surface area contributed by atoms with Crippen LogP contribution in [0.1, 0.15) is 31.9 Å². The van der Waals surface area contributed by atoms with Crippen LogP contribution in [-0.4, -0.2) is 15.0 Å². The monoisotopic (exact) mass is 213 g/mol. The summed E-state index contributed by atoms with van der Waals surface area (Å²) in [6, 6.07) is 10.1. The second-order valence-corrected chi connectivity index (χ2v) is 5.17. The van der Waals surface area contributed by atoms with E-state index in [1.165, 1.54) is 6.42 Å². The quantitative estimate of drug-likeness (QED) is 0.768. The van der Waals surface area contributed by atoms with Crippen molar-refractivity contribution in [3.05, 3.63) is 42.2 Å². The Labute approximate surface area is 95.1 Å². The molecule has 1 unspecified atom stereocenters. The maximum absolute atomic E-state index is 4.26. The van der Waals surface area contributed by atoms with Crippen molar-refractivity contribution in [2.75, 3.05) is 0 Å². The molecule has 3 nitrogen and oxygen atoms in total. The average Bonchev–Trinajstić information content (AvgIpc) is 2.76. The van der Waals surface area contributed by atoms with E-state index in [1.807, 2.05) is 35.0 Å². The summed E-state index contributed by atoms with van der Waals surface area (Å²) in [5, 5.41) is 8.44. The average molecular weight is 213 g/mol. The highest BCUT2D eigenvalue weighted by atomic mass is 15.4. The molecule has 0 spiro atoms. The van der Waals surface area contributed by atoms with E-state index in [0.717, 1.165) is 11.4 Å². The Morgan fingerprint density at radius 3 is 2.56 bits per heavy atom. The smallest absolute Gasteiger partial charge is 0.0868 e. The van der Waals surface area contributed by atoms with E-state index in [0.29, 0.717) is 11.3 Å². The maximum atomic E-state index is 4.26. The Hall–Kier alpha value is -1.64. The number of aromatic nitrogens is 3. The third-order valence-electron chi connectivity index (χ3n) is 3.40. The standard InChI is InChI=1S/C13H15N3/c1-13(2)8-11(13)12-9-16(15-14-12)10-6-4-3-5-7-10/h3-7,9,11H,8H2,1-2H3. The van der Waals surface area contributed by atoms with Gasteiger partial charge in [0, 0.05) is 5.92 Å². The third kappa shape index (κ3) is 1.52. The summed E-state index contributed by atoms with van der Waals surface area (Å²) < 4.78 is 1.85. The number of hydrogen-bond acceptors (Lipinski definition) is 2. The first-order valence-corrected chi connectivity index (χ1v) is 5.64. The zero-order valence-corrected chi connectivity index (χ0v) is 9.59. The molecule has 1 aliphatic carbocycles. The summed E-state index contributed by atoms with van der Waals surface area (Å²) in [6.45, 7) is 4.55. The first kappa shape index (κ1) is 9.58. The Bertz CT molecular complexity index is 499. The zero-order valence-electron chi connectivity index (χ0n) is 9.59. The van der Waals surface area contributed by atoms with E-state index in [1.54, 1.807) is 0 Å². The molecule has 3 rings (SSSR count). The summed E-state index contributed by atoms with van der Waals surface area (Å²) in [7, 11) is 0. The van der Waals surface area contributed by atoms with Crippen LogP contribution < -0.4 is 0 Å². The van der Waals surface area contributed by atoms with Crippen molar-refractivity contribution in [1.82, 2.24) is 15.0 Å². The van der Waals surface area contributed by atoms with Crippen LogP contribution in [-0.2, 0) is 0 Å². The number of hydrogen-bond donors (Lipinski definition) is 0. The molecule has 0 bridgehead atoms. The van der Waals surface area contributed by atoms with Crippen LogP contribution in [0.15, 0.2) is 36.5 Å². The summed E-state index contributed by atoms with van der Waals surface area (Å²) in [6.07, 6.45) is 3.27. The molecule has 0 amide bonds. The molecule has 2 aromatic rings. The topological polar surface area (TPSA) is 30.7 Å². The van der Waals surface area contributed by atoms with E-state index in [2.05, 4.69) is 30.4 Å². The normalized spacial score (nSPS) is 22.0. The van der Waals surface area contributed by atoms with Gasteiger partial charge < -0.3 is 0 Å². The van der Waals surface area contributed by atoms with E-state index in [9.17, 15) is 0 Å². The second kappa shape index (κ2) is 3.17. The van der Waals surface area contributed by atoms with Gasteiger partial charge in [0.05, 0.1) is 17.6 Å². The molecule has 1 aliphatic rings.